The van der Waals surface area contributed by atoms with Crippen LogP contribution in [0.3, 0.4) is 0 Å². The molecule has 0 bridgehead atoms. The Balaban J connectivity index is 2.05. The molecule has 4 nitrogen and oxygen atoms in total. The third kappa shape index (κ3) is 4.29. The number of fused-ring (bicyclic) bond motifs is 1. The Bertz CT molecular complexity index is 568. The Morgan fingerprint density at radius 1 is 1.36 bits per heavy atom. The summed E-state index contributed by atoms with van der Waals surface area (Å²) in [6.07, 6.45) is -4.73. The molecule has 1 heterocycles. The standard InChI is InChI=1S/C15H18F3NO3/c1-14(2)9-12(19-20)11-8-10(4-5-13(11)22-14)21-7-3-6-15(16,17)18/h4-5,8,20H,3,6-7,9H2,1-2H3/b19-12+. The summed E-state index contributed by atoms with van der Waals surface area (Å²) >= 11 is 0. The lowest BCUT2D eigenvalue weighted by molar-refractivity contribution is -0.136. The molecule has 0 amide bonds. The minimum Gasteiger partial charge on any atom is -0.494 e. The van der Waals surface area contributed by atoms with Gasteiger partial charge in [-0.05, 0) is 38.5 Å². The molecule has 2 rings (SSSR count). The Hall–Kier alpha value is -1.92. The molecule has 1 aromatic rings. The van der Waals surface area contributed by atoms with Gasteiger partial charge in [-0.3, -0.25) is 0 Å². The summed E-state index contributed by atoms with van der Waals surface area (Å²) in [4.78, 5) is 0. The van der Waals surface area contributed by atoms with E-state index >= 15 is 0 Å². The second-order valence-corrected chi connectivity index (χ2v) is 5.81. The van der Waals surface area contributed by atoms with Gasteiger partial charge < -0.3 is 14.7 Å². The fourth-order valence-electron chi connectivity index (χ4n) is 2.30. The van der Waals surface area contributed by atoms with E-state index < -0.39 is 18.2 Å². The molecule has 0 aromatic heterocycles. The second-order valence-electron chi connectivity index (χ2n) is 5.81. The van der Waals surface area contributed by atoms with Gasteiger partial charge >= 0.3 is 6.18 Å². The number of oxime groups is 1. The zero-order valence-electron chi connectivity index (χ0n) is 12.4. The smallest absolute Gasteiger partial charge is 0.389 e. The molecule has 0 radical (unpaired) electrons. The number of hydrogen-bond acceptors (Lipinski definition) is 4. The Morgan fingerprint density at radius 3 is 2.73 bits per heavy atom. The van der Waals surface area contributed by atoms with Crippen LogP contribution in [0.4, 0.5) is 13.2 Å². The third-order valence-electron chi connectivity index (χ3n) is 3.24. The van der Waals surface area contributed by atoms with Crippen molar-refractivity contribution in [2.24, 2.45) is 5.16 Å². The normalized spacial score (nSPS) is 18.7. The first-order chi connectivity index (χ1) is 10.2. The van der Waals surface area contributed by atoms with Crippen LogP contribution < -0.4 is 9.47 Å². The fourth-order valence-corrected chi connectivity index (χ4v) is 2.30. The van der Waals surface area contributed by atoms with E-state index in [4.69, 9.17) is 14.7 Å². The van der Waals surface area contributed by atoms with Crippen molar-refractivity contribution in [3.05, 3.63) is 23.8 Å². The first-order valence-electron chi connectivity index (χ1n) is 6.94. The van der Waals surface area contributed by atoms with E-state index in [2.05, 4.69) is 5.16 Å². The quantitative estimate of drug-likeness (QED) is 0.516. The molecule has 7 heteroatoms. The van der Waals surface area contributed by atoms with Crippen molar-refractivity contribution >= 4 is 5.71 Å². The van der Waals surface area contributed by atoms with Crippen LogP contribution in [0.5, 0.6) is 11.5 Å². The average molecular weight is 317 g/mol. The molecule has 0 aliphatic carbocycles. The number of ether oxygens (including phenoxy) is 2. The summed E-state index contributed by atoms with van der Waals surface area (Å²) < 4.78 is 47.3. The summed E-state index contributed by atoms with van der Waals surface area (Å²) in [5.74, 6) is 0.983. The Morgan fingerprint density at radius 2 is 2.09 bits per heavy atom. The van der Waals surface area contributed by atoms with Crippen LogP contribution in [0.15, 0.2) is 23.4 Å². The molecule has 122 valence electrons. The highest BCUT2D eigenvalue weighted by Gasteiger charge is 2.32. The number of hydrogen-bond donors (Lipinski definition) is 1. The van der Waals surface area contributed by atoms with Crippen LogP contribution in [0.1, 0.15) is 38.7 Å². The molecule has 0 unspecified atom stereocenters. The number of benzene rings is 1. The van der Waals surface area contributed by atoms with Gasteiger partial charge in [-0.25, -0.2) is 0 Å². The average Bonchev–Trinajstić information content (AvgIpc) is 2.41. The first kappa shape index (κ1) is 16.5. The van der Waals surface area contributed by atoms with Gasteiger partial charge in [0, 0.05) is 18.4 Å². The molecule has 1 aliphatic rings. The van der Waals surface area contributed by atoms with Gasteiger partial charge in [-0.15, -0.1) is 0 Å². The number of halogens is 3. The predicted octanol–water partition coefficient (Wildman–Crippen LogP) is 4.15. The maximum atomic E-state index is 12.1. The summed E-state index contributed by atoms with van der Waals surface area (Å²) in [6.45, 7) is 3.72. The molecule has 0 fully saturated rings. The van der Waals surface area contributed by atoms with Gasteiger partial charge in [0.05, 0.1) is 12.3 Å². The minimum absolute atomic E-state index is 0.0315. The maximum Gasteiger partial charge on any atom is 0.389 e. The SMILES string of the molecule is CC1(C)C/C(=N\O)c2cc(OCCCC(F)(F)F)ccc2O1. The highest BCUT2D eigenvalue weighted by Crippen LogP contribution is 2.35. The molecule has 22 heavy (non-hydrogen) atoms. The molecular formula is C15H18F3NO3. The fraction of sp³-hybridized carbons (Fsp3) is 0.533. The maximum absolute atomic E-state index is 12.1. The summed E-state index contributed by atoms with van der Waals surface area (Å²) in [5, 5.41) is 12.4. The van der Waals surface area contributed by atoms with Crippen LogP contribution in [-0.4, -0.2) is 29.3 Å². The van der Waals surface area contributed by atoms with Gasteiger partial charge in [0.1, 0.15) is 17.1 Å². The lowest BCUT2D eigenvalue weighted by Gasteiger charge is -2.33. The highest BCUT2D eigenvalue weighted by molar-refractivity contribution is 6.04. The molecule has 0 saturated carbocycles. The second kappa shape index (κ2) is 6.06. The van der Waals surface area contributed by atoms with E-state index in [0.717, 1.165) is 0 Å². The monoisotopic (exact) mass is 317 g/mol. The predicted molar refractivity (Wildman–Crippen MR) is 74.9 cm³/mol. The van der Waals surface area contributed by atoms with Crippen molar-refractivity contribution < 1.29 is 27.9 Å². The van der Waals surface area contributed by atoms with Crippen LogP contribution in [0, 0.1) is 0 Å². The Kier molecular flexibility index (Phi) is 4.53. The third-order valence-corrected chi connectivity index (χ3v) is 3.24. The molecule has 0 atom stereocenters. The summed E-state index contributed by atoms with van der Waals surface area (Å²) in [7, 11) is 0. The Labute approximate surface area is 126 Å². The van der Waals surface area contributed by atoms with Crippen LogP contribution in [0.2, 0.25) is 0 Å². The topological polar surface area (TPSA) is 51.1 Å². The molecule has 1 aromatic carbocycles. The van der Waals surface area contributed by atoms with Crippen molar-refractivity contribution in [1.29, 1.82) is 0 Å². The number of alkyl halides is 3. The molecule has 1 aliphatic heterocycles. The lowest BCUT2D eigenvalue weighted by Crippen LogP contribution is -2.36. The summed E-state index contributed by atoms with van der Waals surface area (Å²) in [5.41, 5.74) is 0.575. The van der Waals surface area contributed by atoms with Gasteiger partial charge in [-0.2, -0.15) is 13.2 Å². The van der Waals surface area contributed by atoms with Crippen LogP contribution >= 0.6 is 0 Å². The zero-order chi connectivity index (χ0) is 16.4. The van der Waals surface area contributed by atoms with Crippen molar-refractivity contribution in [3.63, 3.8) is 0 Å². The van der Waals surface area contributed by atoms with Gasteiger partial charge in [0.15, 0.2) is 0 Å². The van der Waals surface area contributed by atoms with E-state index in [9.17, 15) is 13.2 Å². The molecule has 1 N–H and O–H groups in total. The van der Waals surface area contributed by atoms with E-state index in [-0.39, 0.29) is 13.0 Å². The number of nitrogens with zero attached hydrogens (tertiary/aromatic N) is 1. The minimum atomic E-state index is -4.17. The highest BCUT2D eigenvalue weighted by atomic mass is 19.4. The van der Waals surface area contributed by atoms with Gasteiger partial charge in [0.25, 0.3) is 0 Å². The summed E-state index contributed by atoms with van der Waals surface area (Å²) in [6, 6.07) is 4.91. The molecule has 0 saturated heterocycles. The molecular weight excluding hydrogens is 299 g/mol. The van der Waals surface area contributed by atoms with Gasteiger partial charge in [0.2, 0.25) is 0 Å². The van der Waals surface area contributed by atoms with E-state index in [1.54, 1.807) is 18.2 Å². The van der Waals surface area contributed by atoms with Crippen molar-refractivity contribution in [2.75, 3.05) is 6.61 Å². The van der Waals surface area contributed by atoms with Crippen LogP contribution in [-0.2, 0) is 0 Å². The number of rotatable bonds is 4. The van der Waals surface area contributed by atoms with E-state index in [1.807, 2.05) is 13.8 Å². The molecule has 0 spiro atoms. The van der Waals surface area contributed by atoms with E-state index in [0.29, 0.717) is 29.2 Å². The van der Waals surface area contributed by atoms with E-state index in [1.165, 1.54) is 0 Å². The first-order valence-corrected chi connectivity index (χ1v) is 6.94. The van der Waals surface area contributed by atoms with Crippen molar-refractivity contribution in [2.45, 2.75) is 44.9 Å². The zero-order valence-corrected chi connectivity index (χ0v) is 12.4. The van der Waals surface area contributed by atoms with Crippen molar-refractivity contribution in [3.8, 4) is 11.5 Å². The van der Waals surface area contributed by atoms with Crippen LogP contribution in [0.25, 0.3) is 0 Å². The largest absolute Gasteiger partial charge is 0.494 e. The van der Waals surface area contributed by atoms with Gasteiger partial charge in [-0.1, -0.05) is 5.16 Å². The van der Waals surface area contributed by atoms with Crippen molar-refractivity contribution in [1.82, 2.24) is 0 Å². The lowest BCUT2D eigenvalue weighted by atomic mass is 9.92.